The molecule has 4 nitrogen and oxygen atoms in total. The summed E-state index contributed by atoms with van der Waals surface area (Å²) >= 11 is 6.18. The summed E-state index contributed by atoms with van der Waals surface area (Å²) in [4.78, 5) is 6.93. The number of ether oxygens (including phenoxy) is 1. The molecule has 1 N–H and O–H groups in total. The molecule has 0 spiro atoms. The van der Waals surface area contributed by atoms with Crippen molar-refractivity contribution in [2.24, 2.45) is 5.92 Å². The molecule has 0 aromatic carbocycles. The summed E-state index contributed by atoms with van der Waals surface area (Å²) in [5.74, 6) is 1.28. The fourth-order valence-corrected chi connectivity index (χ4v) is 2.61. The van der Waals surface area contributed by atoms with Crippen LogP contribution in [-0.4, -0.2) is 42.7 Å². The zero-order valence-electron chi connectivity index (χ0n) is 13.1. The monoisotopic (exact) mass is 311 g/mol. The molecule has 1 aromatic heterocycles. The van der Waals surface area contributed by atoms with E-state index >= 15 is 0 Å². The summed E-state index contributed by atoms with van der Waals surface area (Å²) in [6, 6.07) is 3.71. The van der Waals surface area contributed by atoms with Crippen molar-refractivity contribution in [3.05, 3.63) is 22.8 Å². The lowest BCUT2D eigenvalue weighted by atomic mass is 10.2. The fourth-order valence-electron chi connectivity index (χ4n) is 2.43. The zero-order valence-corrected chi connectivity index (χ0v) is 13.8. The van der Waals surface area contributed by atoms with Crippen molar-refractivity contribution >= 4 is 11.6 Å². The zero-order chi connectivity index (χ0) is 15.1. The Hall–Kier alpha value is -0.840. The van der Waals surface area contributed by atoms with E-state index in [2.05, 4.69) is 29.0 Å². The lowest BCUT2D eigenvalue weighted by Gasteiger charge is -2.15. The summed E-state index contributed by atoms with van der Waals surface area (Å²) in [6.07, 6.45) is 2.62. The number of rotatable bonds is 8. The second-order valence-corrected chi connectivity index (χ2v) is 6.41. The molecule has 21 heavy (non-hydrogen) atoms. The SMILES string of the molecule is CC(C)CNCc1nc(OCCN2CCCC2)ccc1Cl. The standard InChI is InChI=1S/C16H26ClN3O/c1-13(2)11-18-12-15-14(17)5-6-16(19-15)21-10-9-20-7-3-4-8-20/h5-6,13,18H,3-4,7-12H2,1-2H3. The Bertz CT molecular complexity index is 434. The average molecular weight is 312 g/mol. The Morgan fingerprint density at radius 2 is 2.10 bits per heavy atom. The van der Waals surface area contributed by atoms with Gasteiger partial charge in [0.05, 0.1) is 10.7 Å². The normalized spacial score (nSPS) is 15.8. The van der Waals surface area contributed by atoms with E-state index in [9.17, 15) is 0 Å². The highest BCUT2D eigenvalue weighted by atomic mass is 35.5. The molecule has 0 saturated carbocycles. The maximum Gasteiger partial charge on any atom is 0.213 e. The quantitative estimate of drug-likeness (QED) is 0.801. The second-order valence-electron chi connectivity index (χ2n) is 6.00. The van der Waals surface area contributed by atoms with Crippen LogP contribution in [0.3, 0.4) is 0 Å². The molecular weight excluding hydrogens is 286 g/mol. The Morgan fingerprint density at radius 3 is 2.81 bits per heavy atom. The number of hydrogen-bond donors (Lipinski definition) is 1. The van der Waals surface area contributed by atoms with Gasteiger partial charge in [0.15, 0.2) is 0 Å². The molecule has 0 atom stereocenters. The summed E-state index contributed by atoms with van der Waals surface area (Å²) in [7, 11) is 0. The van der Waals surface area contributed by atoms with Crippen LogP contribution in [0.5, 0.6) is 5.88 Å². The van der Waals surface area contributed by atoms with Crippen LogP contribution < -0.4 is 10.1 Å². The number of hydrogen-bond acceptors (Lipinski definition) is 4. The largest absolute Gasteiger partial charge is 0.476 e. The molecular formula is C16H26ClN3O. The van der Waals surface area contributed by atoms with Gasteiger partial charge in [0.1, 0.15) is 6.61 Å². The molecule has 1 aliphatic rings. The van der Waals surface area contributed by atoms with Gasteiger partial charge in [-0.2, -0.15) is 0 Å². The average Bonchev–Trinajstić information content (AvgIpc) is 2.95. The highest BCUT2D eigenvalue weighted by molar-refractivity contribution is 6.31. The molecule has 2 rings (SSSR count). The second kappa shape index (κ2) is 8.57. The maximum absolute atomic E-state index is 6.18. The molecule has 118 valence electrons. The lowest BCUT2D eigenvalue weighted by Crippen LogP contribution is -2.25. The molecule has 2 heterocycles. The Labute approximate surface area is 132 Å². The third-order valence-corrected chi connectivity index (χ3v) is 3.94. The molecule has 0 radical (unpaired) electrons. The van der Waals surface area contributed by atoms with Crippen LogP contribution >= 0.6 is 11.6 Å². The van der Waals surface area contributed by atoms with E-state index in [0.717, 1.165) is 18.8 Å². The van der Waals surface area contributed by atoms with Crippen molar-refractivity contribution in [2.45, 2.75) is 33.2 Å². The number of aromatic nitrogens is 1. The molecule has 5 heteroatoms. The molecule has 0 bridgehead atoms. The molecule has 1 aliphatic heterocycles. The van der Waals surface area contributed by atoms with Gasteiger partial charge in [-0.3, -0.25) is 4.90 Å². The number of nitrogens with one attached hydrogen (secondary N) is 1. The van der Waals surface area contributed by atoms with E-state index in [-0.39, 0.29) is 0 Å². The van der Waals surface area contributed by atoms with Crippen molar-refractivity contribution in [3.63, 3.8) is 0 Å². The minimum absolute atomic E-state index is 0.615. The predicted octanol–water partition coefficient (Wildman–Crippen LogP) is 2.96. The molecule has 1 saturated heterocycles. The van der Waals surface area contributed by atoms with E-state index in [0.29, 0.717) is 30.0 Å². The molecule has 1 aromatic rings. The summed E-state index contributed by atoms with van der Waals surface area (Å²) in [5.41, 5.74) is 0.857. The minimum atomic E-state index is 0.615. The van der Waals surface area contributed by atoms with E-state index in [4.69, 9.17) is 16.3 Å². The molecule has 0 aliphatic carbocycles. The molecule has 0 amide bonds. The van der Waals surface area contributed by atoms with Gasteiger partial charge in [-0.1, -0.05) is 25.4 Å². The summed E-state index contributed by atoms with van der Waals surface area (Å²) in [5, 5.41) is 4.05. The van der Waals surface area contributed by atoms with Gasteiger partial charge < -0.3 is 10.1 Å². The van der Waals surface area contributed by atoms with Gasteiger partial charge in [0.2, 0.25) is 5.88 Å². The fraction of sp³-hybridized carbons (Fsp3) is 0.688. The van der Waals surface area contributed by atoms with Crippen LogP contribution in [0.1, 0.15) is 32.4 Å². The minimum Gasteiger partial charge on any atom is -0.476 e. The Balaban J connectivity index is 1.79. The first-order valence-corrected chi connectivity index (χ1v) is 8.24. The smallest absolute Gasteiger partial charge is 0.213 e. The molecule has 1 fully saturated rings. The Morgan fingerprint density at radius 1 is 1.33 bits per heavy atom. The van der Waals surface area contributed by atoms with Crippen molar-refractivity contribution in [3.8, 4) is 5.88 Å². The topological polar surface area (TPSA) is 37.4 Å². The molecule has 0 unspecified atom stereocenters. The van der Waals surface area contributed by atoms with Crippen LogP contribution in [0, 0.1) is 5.92 Å². The Kier molecular flexibility index (Phi) is 6.74. The van der Waals surface area contributed by atoms with Gasteiger partial charge in [0, 0.05) is 19.2 Å². The van der Waals surface area contributed by atoms with Crippen molar-refractivity contribution in [1.82, 2.24) is 15.2 Å². The number of pyridine rings is 1. The van der Waals surface area contributed by atoms with Crippen LogP contribution in [0.15, 0.2) is 12.1 Å². The van der Waals surface area contributed by atoms with Gasteiger partial charge in [-0.25, -0.2) is 4.98 Å². The van der Waals surface area contributed by atoms with E-state index in [1.165, 1.54) is 25.9 Å². The first kappa shape index (κ1) is 16.5. The summed E-state index contributed by atoms with van der Waals surface area (Å²) < 4.78 is 5.75. The van der Waals surface area contributed by atoms with Crippen LogP contribution in [0.2, 0.25) is 5.02 Å². The van der Waals surface area contributed by atoms with Gasteiger partial charge in [-0.05, 0) is 44.5 Å². The number of halogens is 1. The van der Waals surface area contributed by atoms with Crippen molar-refractivity contribution in [1.29, 1.82) is 0 Å². The van der Waals surface area contributed by atoms with Gasteiger partial charge >= 0.3 is 0 Å². The lowest BCUT2D eigenvalue weighted by molar-refractivity contribution is 0.231. The number of nitrogens with zero attached hydrogens (tertiary/aromatic N) is 2. The highest BCUT2D eigenvalue weighted by Crippen LogP contribution is 2.18. The first-order chi connectivity index (χ1) is 10.1. The third kappa shape index (κ3) is 5.81. The number of likely N-dealkylation sites (tertiary alicyclic amines) is 1. The predicted molar refractivity (Wildman–Crippen MR) is 87.0 cm³/mol. The van der Waals surface area contributed by atoms with Gasteiger partial charge in [-0.15, -0.1) is 0 Å². The third-order valence-electron chi connectivity index (χ3n) is 3.59. The van der Waals surface area contributed by atoms with E-state index in [1.54, 1.807) is 0 Å². The van der Waals surface area contributed by atoms with Crippen LogP contribution in [0.25, 0.3) is 0 Å². The highest BCUT2D eigenvalue weighted by Gasteiger charge is 2.11. The maximum atomic E-state index is 6.18. The van der Waals surface area contributed by atoms with Gasteiger partial charge in [0.25, 0.3) is 0 Å². The van der Waals surface area contributed by atoms with Crippen molar-refractivity contribution in [2.75, 3.05) is 32.8 Å². The first-order valence-electron chi connectivity index (χ1n) is 7.86. The van der Waals surface area contributed by atoms with Crippen LogP contribution in [-0.2, 0) is 6.54 Å². The van der Waals surface area contributed by atoms with Crippen LogP contribution in [0.4, 0.5) is 0 Å². The van der Waals surface area contributed by atoms with E-state index in [1.807, 2.05) is 12.1 Å². The van der Waals surface area contributed by atoms with Crippen molar-refractivity contribution < 1.29 is 4.74 Å². The van der Waals surface area contributed by atoms with E-state index < -0.39 is 0 Å². The summed E-state index contributed by atoms with van der Waals surface area (Å²) in [6.45, 7) is 10.1.